The van der Waals surface area contributed by atoms with E-state index in [1.54, 1.807) is 0 Å². The summed E-state index contributed by atoms with van der Waals surface area (Å²) in [7, 11) is 0. The lowest BCUT2D eigenvalue weighted by Crippen LogP contribution is -1.83. The van der Waals surface area contributed by atoms with Crippen LogP contribution in [-0.2, 0) is 0 Å². The van der Waals surface area contributed by atoms with E-state index < -0.39 is 0 Å². The standard InChI is InChI=1S/C11H18/c1-6-10(4)7-8-11(5)9(2)3/h6H,2,5,7-8H2,1,3-4H3/b10-6+. The SMILES string of the molecule is C=C(C)C(=C)CC/C(C)=C/C. The summed E-state index contributed by atoms with van der Waals surface area (Å²) in [6.45, 7) is 14.0. The molecular formula is C11H18. The average molecular weight is 150 g/mol. The third-order valence-corrected chi connectivity index (χ3v) is 1.92. The van der Waals surface area contributed by atoms with Crippen LogP contribution < -0.4 is 0 Å². The van der Waals surface area contributed by atoms with Gasteiger partial charge in [-0.25, -0.2) is 0 Å². The van der Waals surface area contributed by atoms with Crippen LogP contribution in [0.1, 0.15) is 33.6 Å². The molecule has 0 saturated heterocycles. The molecule has 0 unspecified atom stereocenters. The fourth-order valence-electron chi connectivity index (χ4n) is 0.706. The summed E-state index contributed by atoms with van der Waals surface area (Å²) in [5, 5.41) is 0. The molecular weight excluding hydrogens is 132 g/mol. The molecule has 0 amide bonds. The summed E-state index contributed by atoms with van der Waals surface area (Å²) in [4.78, 5) is 0. The van der Waals surface area contributed by atoms with Gasteiger partial charge >= 0.3 is 0 Å². The highest BCUT2D eigenvalue weighted by Crippen LogP contribution is 2.14. The zero-order valence-electron chi connectivity index (χ0n) is 7.91. The summed E-state index contributed by atoms with van der Waals surface area (Å²) in [5.74, 6) is 0. The van der Waals surface area contributed by atoms with Crippen LogP contribution in [0.25, 0.3) is 0 Å². The Labute approximate surface area is 70.3 Å². The lowest BCUT2D eigenvalue weighted by atomic mass is 10.0. The topological polar surface area (TPSA) is 0 Å². The van der Waals surface area contributed by atoms with Gasteiger partial charge in [0.1, 0.15) is 0 Å². The van der Waals surface area contributed by atoms with Crippen LogP contribution in [-0.4, -0.2) is 0 Å². The summed E-state index contributed by atoms with van der Waals surface area (Å²) in [6.07, 6.45) is 4.30. The van der Waals surface area contributed by atoms with Gasteiger partial charge in [-0.05, 0) is 33.6 Å². The van der Waals surface area contributed by atoms with Crippen molar-refractivity contribution >= 4 is 0 Å². The molecule has 0 bridgehead atoms. The Morgan fingerprint density at radius 1 is 1.18 bits per heavy atom. The van der Waals surface area contributed by atoms with Crippen molar-refractivity contribution in [2.45, 2.75) is 33.6 Å². The van der Waals surface area contributed by atoms with Crippen molar-refractivity contribution in [2.75, 3.05) is 0 Å². The van der Waals surface area contributed by atoms with Gasteiger partial charge in [0.15, 0.2) is 0 Å². The van der Waals surface area contributed by atoms with Gasteiger partial charge in [0.25, 0.3) is 0 Å². The van der Waals surface area contributed by atoms with Gasteiger partial charge in [0, 0.05) is 0 Å². The maximum absolute atomic E-state index is 3.93. The van der Waals surface area contributed by atoms with Crippen molar-refractivity contribution in [3.8, 4) is 0 Å². The van der Waals surface area contributed by atoms with Gasteiger partial charge < -0.3 is 0 Å². The highest BCUT2D eigenvalue weighted by molar-refractivity contribution is 5.23. The number of rotatable bonds is 4. The smallest absolute Gasteiger partial charge is 0.0245 e. The van der Waals surface area contributed by atoms with Gasteiger partial charge in [-0.3, -0.25) is 0 Å². The highest BCUT2D eigenvalue weighted by atomic mass is 14.0. The molecule has 0 rings (SSSR count). The molecule has 0 aliphatic rings. The van der Waals surface area contributed by atoms with Crippen molar-refractivity contribution in [3.63, 3.8) is 0 Å². The molecule has 0 atom stereocenters. The van der Waals surface area contributed by atoms with E-state index in [2.05, 4.69) is 33.1 Å². The van der Waals surface area contributed by atoms with Crippen molar-refractivity contribution in [2.24, 2.45) is 0 Å². The Kier molecular flexibility index (Phi) is 4.60. The van der Waals surface area contributed by atoms with E-state index >= 15 is 0 Å². The largest absolute Gasteiger partial charge is 0.0959 e. The molecule has 0 aliphatic heterocycles. The van der Waals surface area contributed by atoms with E-state index in [9.17, 15) is 0 Å². The van der Waals surface area contributed by atoms with Crippen LogP contribution in [0.2, 0.25) is 0 Å². The molecule has 0 spiro atoms. The second kappa shape index (κ2) is 4.95. The molecule has 0 heteroatoms. The van der Waals surface area contributed by atoms with Crippen LogP contribution in [0.4, 0.5) is 0 Å². The average Bonchev–Trinajstić information content (AvgIpc) is 1.99. The van der Waals surface area contributed by atoms with E-state index in [1.807, 2.05) is 6.92 Å². The number of hydrogen-bond donors (Lipinski definition) is 0. The van der Waals surface area contributed by atoms with Crippen LogP contribution in [0.5, 0.6) is 0 Å². The predicted octanol–water partition coefficient (Wildman–Crippen LogP) is 3.87. The van der Waals surface area contributed by atoms with Gasteiger partial charge in [-0.15, -0.1) is 0 Å². The van der Waals surface area contributed by atoms with Gasteiger partial charge in [-0.1, -0.05) is 36.0 Å². The van der Waals surface area contributed by atoms with E-state index in [1.165, 1.54) is 11.1 Å². The second-order valence-corrected chi connectivity index (χ2v) is 3.02. The summed E-state index contributed by atoms with van der Waals surface area (Å²) in [6, 6.07) is 0. The zero-order valence-corrected chi connectivity index (χ0v) is 7.91. The lowest BCUT2D eigenvalue weighted by molar-refractivity contribution is 0.932. The molecule has 11 heavy (non-hydrogen) atoms. The lowest BCUT2D eigenvalue weighted by Gasteiger charge is -2.03. The minimum atomic E-state index is 1.05. The molecule has 0 fully saturated rings. The maximum Gasteiger partial charge on any atom is -0.0245 e. The molecule has 0 aromatic rings. The highest BCUT2D eigenvalue weighted by Gasteiger charge is 1.94. The molecule has 0 aliphatic carbocycles. The summed E-state index contributed by atoms with van der Waals surface area (Å²) >= 11 is 0. The Hall–Kier alpha value is -0.780. The first-order valence-electron chi connectivity index (χ1n) is 4.03. The molecule has 0 heterocycles. The van der Waals surface area contributed by atoms with E-state index in [0.29, 0.717) is 0 Å². The van der Waals surface area contributed by atoms with Crippen LogP contribution in [0, 0.1) is 0 Å². The van der Waals surface area contributed by atoms with E-state index in [-0.39, 0.29) is 0 Å². The van der Waals surface area contributed by atoms with Gasteiger partial charge in [-0.2, -0.15) is 0 Å². The van der Waals surface area contributed by atoms with Crippen molar-refractivity contribution in [1.82, 2.24) is 0 Å². The number of allylic oxidation sites excluding steroid dienone is 4. The molecule has 0 radical (unpaired) electrons. The first-order chi connectivity index (χ1) is 5.07. The minimum Gasteiger partial charge on any atom is -0.0959 e. The first kappa shape index (κ1) is 10.2. The maximum atomic E-state index is 3.93. The zero-order chi connectivity index (χ0) is 8.85. The molecule has 0 N–H and O–H groups in total. The Bertz CT molecular complexity index is 182. The molecule has 0 aromatic heterocycles. The fourth-order valence-corrected chi connectivity index (χ4v) is 0.706. The Morgan fingerprint density at radius 2 is 1.73 bits per heavy atom. The van der Waals surface area contributed by atoms with Crippen LogP contribution >= 0.6 is 0 Å². The summed E-state index contributed by atoms with van der Waals surface area (Å²) < 4.78 is 0. The quantitative estimate of drug-likeness (QED) is 0.421. The van der Waals surface area contributed by atoms with Crippen molar-refractivity contribution in [1.29, 1.82) is 0 Å². The third kappa shape index (κ3) is 4.60. The summed E-state index contributed by atoms with van der Waals surface area (Å²) in [5.41, 5.74) is 3.70. The second-order valence-electron chi connectivity index (χ2n) is 3.02. The first-order valence-corrected chi connectivity index (χ1v) is 4.03. The Balaban J connectivity index is 3.72. The van der Waals surface area contributed by atoms with Crippen molar-refractivity contribution in [3.05, 3.63) is 36.0 Å². The van der Waals surface area contributed by atoms with Crippen LogP contribution in [0.3, 0.4) is 0 Å². The van der Waals surface area contributed by atoms with E-state index in [4.69, 9.17) is 0 Å². The third-order valence-electron chi connectivity index (χ3n) is 1.92. The predicted molar refractivity (Wildman–Crippen MR) is 52.6 cm³/mol. The Morgan fingerprint density at radius 3 is 2.09 bits per heavy atom. The molecule has 0 aromatic carbocycles. The van der Waals surface area contributed by atoms with Crippen LogP contribution in [0.15, 0.2) is 36.0 Å². The normalized spacial score (nSPS) is 11.4. The fraction of sp³-hybridized carbons (Fsp3) is 0.455. The molecule has 0 nitrogen and oxygen atoms in total. The minimum absolute atomic E-state index is 1.05. The monoisotopic (exact) mass is 150 g/mol. The van der Waals surface area contributed by atoms with Gasteiger partial charge in [0.05, 0.1) is 0 Å². The van der Waals surface area contributed by atoms with E-state index in [0.717, 1.165) is 18.4 Å². The van der Waals surface area contributed by atoms with Crippen molar-refractivity contribution < 1.29 is 0 Å². The molecule has 62 valence electrons. The van der Waals surface area contributed by atoms with Gasteiger partial charge in [0.2, 0.25) is 0 Å². The molecule has 0 saturated carbocycles. The number of hydrogen-bond acceptors (Lipinski definition) is 0.